The van der Waals surface area contributed by atoms with Crippen molar-refractivity contribution in [3.8, 4) is 11.5 Å². The lowest BCUT2D eigenvalue weighted by atomic mass is 10.1. The van der Waals surface area contributed by atoms with Gasteiger partial charge in [-0.3, -0.25) is 9.97 Å². The summed E-state index contributed by atoms with van der Waals surface area (Å²) in [6, 6.07) is 7.59. The minimum atomic E-state index is 0.787. The molecule has 0 aromatic carbocycles. The van der Waals surface area contributed by atoms with Gasteiger partial charge in [0.25, 0.3) is 0 Å². The van der Waals surface area contributed by atoms with E-state index in [1.54, 1.807) is 24.8 Å². The lowest BCUT2D eigenvalue weighted by Gasteiger charge is -2.05. The van der Waals surface area contributed by atoms with Crippen molar-refractivity contribution < 1.29 is 9.47 Å². The molecule has 0 spiro atoms. The van der Waals surface area contributed by atoms with Crippen LogP contribution < -0.4 is 9.47 Å². The van der Waals surface area contributed by atoms with Gasteiger partial charge < -0.3 is 9.47 Å². The van der Waals surface area contributed by atoms with Crippen molar-refractivity contribution in [2.75, 3.05) is 13.2 Å². The molecule has 0 unspecified atom stereocenters. The first-order valence-corrected chi connectivity index (χ1v) is 9.66. The van der Waals surface area contributed by atoms with Crippen LogP contribution in [-0.2, 0) is 0 Å². The zero-order chi connectivity index (χ0) is 18.1. The normalized spacial score (nSPS) is 10.9. The van der Waals surface area contributed by atoms with Gasteiger partial charge in [0.05, 0.1) is 13.2 Å². The van der Waals surface area contributed by atoms with Crippen LogP contribution in [0.4, 0.5) is 0 Å². The fraction of sp³-hybridized carbons (Fsp3) is 0.455. The smallest absolute Gasteiger partial charge is 0.122 e. The number of hydrogen-bond donors (Lipinski definition) is 0. The van der Waals surface area contributed by atoms with E-state index >= 15 is 0 Å². The third kappa shape index (κ3) is 9.82. The van der Waals surface area contributed by atoms with Crippen LogP contribution in [0.1, 0.15) is 51.4 Å². The molecule has 0 aliphatic heterocycles. The van der Waals surface area contributed by atoms with Gasteiger partial charge in [0, 0.05) is 24.8 Å². The third-order valence-electron chi connectivity index (χ3n) is 4.03. The molecule has 0 fully saturated rings. The highest BCUT2D eigenvalue weighted by Crippen LogP contribution is 2.10. The van der Waals surface area contributed by atoms with Crippen LogP contribution in [-0.4, -0.2) is 23.2 Å². The van der Waals surface area contributed by atoms with E-state index < -0.39 is 0 Å². The predicted molar refractivity (Wildman–Crippen MR) is 106 cm³/mol. The van der Waals surface area contributed by atoms with Gasteiger partial charge in [0.15, 0.2) is 0 Å². The molecule has 2 heterocycles. The van der Waals surface area contributed by atoms with Gasteiger partial charge in [-0.05, 0) is 75.6 Å². The molecule has 2 aromatic rings. The molecule has 4 nitrogen and oxygen atoms in total. The Labute approximate surface area is 157 Å². The Kier molecular flexibility index (Phi) is 10.7. The fourth-order valence-electron chi connectivity index (χ4n) is 2.57. The van der Waals surface area contributed by atoms with Crippen molar-refractivity contribution >= 4 is 0 Å². The van der Waals surface area contributed by atoms with E-state index in [9.17, 15) is 0 Å². The first-order chi connectivity index (χ1) is 12.9. The molecule has 0 aliphatic carbocycles. The average molecular weight is 354 g/mol. The largest absolute Gasteiger partial charge is 0.493 e. The number of nitrogens with zero attached hydrogens (tertiary/aromatic N) is 2. The molecular formula is C22H30N2O2. The molecule has 0 atom stereocenters. The number of ether oxygens (including phenoxy) is 2. The highest BCUT2D eigenvalue weighted by molar-refractivity contribution is 5.17. The second-order valence-corrected chi connectivity index (χ2v) is 6.23. The summed E-state index contributed by atoms with van der Waals surface area (Å²) in [5.74, 6) is 1.82. The molecule has 26 heavy (non-hydrogen) atoms. The molecule has 0 radical (unpaired) electrons. The van der Waals surface area contributed by atoms with E-state index in [-0.39, 0.29) is 0 Å². The summed E-state index contributed by atoms with van der Waals surface area (Å²) >= 11 is 0. The summed E-state index contributed by atoms with van der Waals surface area (Å²) in [5.41, 5.74) is 0. The Bertz CT molecular complexity index is 534. The van der Waals surface area contributed by atoms with Crippen LogP contribution in [0.25, 0.3) is 0 Å². The number of allylic oxidation sites excluding steroid dienone is 2. The summed E-state index contributed by atoms with van der Waals surface area (Å²) in [6.07, 6.45) is 21.1. The van der Waals surface area contributed by atoms with Crippen LogP contribution in [0.2, 0.25) is 0 Å². The Morgan fingerprint density at radius 2 is 1.00 bits per heavy atom. The second-order valence-electron chi connectivity index (χ2n) is 6.23. The number of unbranched alkanes of at least 4 members (excludes halogenated alkanes) is 6. The number of hydrogen-bond acceptors (Lipinski definition) is 4. The SMILES string of the molecule is C(=C\CCCCCOc1ccncc1)/CCCCCOc1ccncc1. The summed E-state index contributed by atoms with van der Waals surface area (Å²) in [6.45, 7) is 1.57. The van der Waals surface area contributed by atoms with Crippen molar-refractivity contribution in [1.82, 2.24) is 9.97 Å². The number of rotatable bonds is 14. The van der Waals surface area contributed by atoms with Gasteiger partial charge in [-0.1, -0.05) is 12.2 Å². The third-order valence-corrected chi connectivity index (χ3v) is 4.03. The minimum absolute atomic E-state index is 0.787. The Balaban J connectivity index is 1.33. The van der Waals surface area contributed by atoms with Crippen LogP contribution in [0, 0.1) is 0 Å². The molecule has 0 aliphatic rings. The quantitative estimate of drug-likeness (QED) is 0.327. The second kappa shape index (κ2) is 13.9. The van der Waals surface area contributed by atoms with Crippen LogP contribution >= 0.6 is 0 Å². The maximum Gasteiger partial charge on any atom is 0.122 e. The predicted octanol–water partition coefficient (Wildman–Crippen LogP) is 5.61. The molecule has 0 bridgehead atoms. The zero-order valence-electron chi connectivity index (χ0n) is 15.6. The standard InChI is InChI=1S/C22H30N2O2/c1(3-5-7-9-19-25-21-11-15-23-16-12-21)2-4-6-8-10-20-26-22-13-17-24-18-14-22/h1-2,11-18H,3-10,19-20H2/b2-1+. The first kappa shape index (κ1) is 20.0. The molecule has 0 amide bonds. The topological polar surface area (TPSA) is 44.2 Å². The molecule has 2 rings (SSSR count). The maximum atomic E-state index is 5.65. The molecule has 2 aromatic heterocycles. The van der Waals surface area contributed by atoms with E-state index in [1.807, 2.05) is 24.3 Å². The lowest BCUT2D eigenvalue weighted by molar-refractivity contribution is 0.305. The number of pyridine rings is 2. The Hall–Kier alpha value is -2.36. The number of aromatic nitrogens is 2. The highest BCUT2D eigenvalue weighted by Gasteiger charge is 1.94. The maximum absolute atomic E-state index is 5.65. The summed E-state index contributed by atoms with van der Waals surface area (Å²) in [5, 5.41) is 0. The van der Waals surface area contributed by atoms with Crippen molar-refractivity contribution in [3.05, 3.63) is 61.2 Å². The van der Waals surface area contributed by atoms with Crippen LogP contribution in [0.3, 0.4) is 0 Å². The average Bonchev–Trinajstić information content (AvgIpc) is 2.70. The van der Waals surface area contributed by atoms with Gasteiger partial charge in [-0.25, -0.2) is 0 Å². The first-order valence-electron chi connectivity index (χ1n) is 9.66. The monoisotopic (exact) mass is 354 g/mol. The molecule has 0 N–H and O–H groups in total. The highest BCUT2D eigenvalue weighted by atomic mass is 16.5. The van der Waals surface area contributed by atoms with E-state index in [1.165, 1.54) is 38.5 Å². The van der Waals surface area contributed by atoms with E-state index in [0.717, 1.165) is 37.6 Å². The summed E-state index contributed by atoms with van der Waals surface area (Å²) in [7, 11) is 0. The zero-order valence-corrected chi connectivity index (χ0v) is 15.6. The van der Waals surface area contributed by atoms with E-state index in [0.29, 0.717) is 0 Å². The Morgan fingerprint density at radius 1 is 0.577 bits per heavy atom. The van der Waals surface area contributed by atoms with Gasteiger partial charge in [0.2, 0.25) is 0 Å². The van der Waals surface area contributed by atoms with Gasteiger partial charge in [-0.2, -0.15) is 0 Å². The van der Waals surface area contributed by atoms with Gasteiger partial charge >= 0.3 is 0 Å². The van der Waals surface area contributed by atoms with Crippen molar-refractivity contribution in [2.45, 2.75) is 51.4 Å². The summed E-state index contributed by atoms with van der Waals surface area (Å²) in [4.78, 5) is 7.95. The van der Waals surface area contributed by atoms with Crippen molar-refractivity contribution in [1.29, 1.82) is 0 Å². The molecule has 0 saturated heterocycles. The van der Waals surface area contributed by atoms with Gasteiger partial charge in [0.1, 0.15) is 11.5 Å². The lowest BCUT2D eigenvalue weighted by Crippen LogP contribution is -1.97. The van der Waals surface area contributed by atoms with E-state index in [4.69, 9.17) is 9.47 Å². The molecular weight excluding hydrogens is 324 g/mol. The molecule has 140 valence electrons. The Morgan fingerprint density at radius 3 is 1.42 bits per heavy atom. The molecule has 4 heteroatoms. The van der Waals surface area contributed by atoms with Crippen LogP contribution in [0.5, 0.6) is 11.5 Å². The molecule has 0 saturated carbocycles. The van der Waals surface area contributed by atoms with E-state index in [2.05, 4.69) is 22.1 Å². The van der Waals surface area contributed by atoms with Crippen molar-refractivity contribution in [2.24, 2.45) is 0 Å². The minimum Gasteiger partial charge on any atom is -0.493 e. The van der Waals surface area contributed by atoms with Crippen LogP contribution in [0.15, 0.2) is 61.2 Å². The summed E-state index contributed by atoms with van der Waals surface area (Å²) < 4.78 is 11.3. The van der Waals surface area contributed by atoms with Crippen molar-refractivity contribution in [3.63, 3.8) is 0 Å². The van der Waals surface area contributed by atoms with Gasteiger partial charge in [-0.15, -0.1) is 0 Å². The fourth-order valence-corrected chi connectivity index (χ4v) is 2.57.